The van der Waals surface area contributed by atoms with E-state index >= 15 is 0 Å². The van der Waals surface area contributed by atoms with Crippen LogP contribution in [-0.4, -0.2) is 18.1 Å². The molecule has 2 unspecified atom stereocenters. The number of nitrogens with zero attached hydrogens (tertiary/aromatic N) is 1. The first kappa shape index (κ1) is 15.2. The number of rotatable bonds is 3. The van der Waals surface area contributed by atoms with Crippen LogP contribution in [0.5, 0.6) is 0 Å². The minimum Gasteiger partial charge on any atom is -0.466 e. The van der Waals surface area contributed by atoms with Gasteiger partial charge in [-0.2, -0.15) is 0 Å². The third-order valence-corrected chi connectivity index (χ3v) is 3.34. The third kappa shape index (κ3) is 3.22. The van der Waals surface area contributed by atoms with Gasteiger partial charge in [0.05, 0.1) is 13.2 Å². The quantitative estimate of drug-likeness (QED) is 0.643. The zero-order valence-corrected chi connectivity index (χ0v) is 12.3. The van der Waals surface area contributed by atoms with Crippen LogP contribution in [0.15, 0.2) is 60.5 Å². The van der Waals surface area contributed by atoms with E-state index in [-0.39, 0.29) is 11.3 Å². The van der Waals surface area contributed by atoms with Crippen LogP contribution in [0.1, 0.15) is 23.7 Å². The van der Waals surface area contributed by atoms with Gasteiger partial charge in [-0.3, -0.25) is 4.98 Å². The number of halogens is 1. The molecule has 0 N–H and O–H groups in total. The molecule has 2 atom stereocenters. The molecule has 0 radical (unpaired) electrons. The van der Waals surface area contributed by atoms with Gasteiger partial charge in [0.25, 0.3) is 0 Å². The van der Waals surface area contributed by atoms with Gasteiger partial charge in [0.15, 0.2) is 0 Å². The molecule has 2 heterocycles. The number of pyridine rings is 1. The second-order valence-corrected chi connectivity index (χ2v) is 4.81. The molecule has 1 aliphatic rings. The molecule has 0 spiro atoms. The first-order valence-corrected chi connectivity index (χ1v) is 6.96. The van der Waals surface area contributed by atoms with E-state index in [1.54, 1.807) is 42.6 Å². The molecule has 0 amide bonds. The summed E-state index contributed by atoms with van der Waals surface area (Å²) in [4.78, 5) is 15.7. The Morgan fingerprint density at radius 2 is 2.04 bits per heavy atom. The standard InChI is InChI=1S/C17H14FNO4/c1-21-15(20)10-14-16(11-6-2-3-7-12(11)18)23-17(22-14)13-8-4-5-9-19-13/h2-10,16-17H,1H3/b14-10-. The van der Waals surface area contributed by atoms with E-state index in [0.29, 0.717) is 5.69 Å². The number of benzene rings is 1. The Morgan fingerprint density at radius 3 is 2.74 bits per heavy atom. The Labute approximate surface area is 132 Å². The lowest BCUT2D eigenvalue weighted by molar-refractivity contribution is -0.135. The van der Waals surface area contributed by atoms with Crippen LogP contribution in [0.25, 0.3) is 0 Å². The average Bonchev–Trinajstić information content (AvgIpc) is 2.99. The maximum Gasteiger partial charge on any atom is 0.333 e. The molecule has 5 nitrogen and oxygen atoms in total. The van der Waals surface area contributed by atoms with Crippen molar-refractivity contribution in [3.8, 4) is 0 Å². The summed E-state index contributed by atoms with van der Waals surface area (Å²) >= 11 is 0. The minimum absolute atomic E-state index is 0.178. The predicted octanol–water partition coefficient (Wildman–Crippen LogP) is 3.06. The summed E-state index contributed by atoms with van der Waals surface area (Å²) in [6.45, 7) is 0. The highest BCUT2D eigenvalue weighted by molar-refractivity contribution is 5.82. The second kappa shape index (κ2) is 6.58. The summed E-state index contributed by atoms with van der Waals surface area (Å²) in [6, 6.07) is 11.4. The van der Waals surface area contributed by atoms with Gasteiger partial charge < -0.3 is 14.2 Å². The van der Waals surface area contributed by atoms with E-state index in [1.165, 1.54) is 13.2 Å². The summed E-state index contributed by atoms with van der Waals surface area (Å²) in [6.07, 6.45) is 1.08. The fraction of sp³-hybridized carbons (Fsp3) is 0.176. The lowest BCUT2D eigenvalue weighted by Crippen LogP contribution is -2.05. The Morgan fingerprint density at radius 1 is 1.26 bits per heavy atom. The van der Waals surface area contributed by atoms with Gasteiger partial charge in [0, 0.05) is 11.8 Å². The number of hydrogen-bond donors (Lipinski definition) is 0. The van der Waals surface area contributed by atoms with Crippen molar-refractivity contribution in [1.29, 1.82) is 0 Å². The highest BCUT2D eigenvalue weighted by atomic mass is 19.1. The fourth-order valence-electron chi connectivity index (χ4n) is 2.25. The average molecular weight is 315 g/mol. The van der Waals surface area contributed by atoms with Gasteiger partial charge in [0.1, 0.15) is 23.4 Å². The number of carbonyl (C=O) groups excluding carboxylic acids is 1. The molecule has 2 aromatic rings. The lowest BCUT2D eigenvalue weighted by atomic mass is 10.1. The van der Waals surface area contributed by atoms with Crippen molar-refractivity contribution < 1.29 is 23.4 Å². The van der Waals surface area contributed by atoms with Crippen LogP contribution in [-0.2, 0) is 19.0 Å². The number of methoxy groups -OCH3 is 1. The molecule has 23 heavy (non-hydrogen) atoms. The summed E-state index contributed by atoms with van der Waals surface area (Å²) in [7, 11) is 1.25. The molecular formula is C17H14FNO4. The monoisotopic (exact) mass is 315 g/mol. The van der Waals surface area contributed by atoms with Crippen molar-refractivity contribution in [1.82, 2.24) is 4.98 Å². The largest absolute Gasteiger partial charge is 0.466 e. The Hall–Kier alpha value is -2.73. The number of carbonyl (C=O) groups is 1. The number of esters is 1. The normalized spacial score (nSPS) is 21.9. The Bertz CT molecular complexity index is 732. The van der Waals surface area contributed by atoms with Crippen molar-refractivity contribution in [2.24, 2.45) is 0 Å². The molecule has 1 saturated heterocycles. The molecule has 1 aromatic carbocycles. The molecule has 1 fully saturated rings. The van der Waals surface area contributed by atoms with Gasteiger partial charge >= 0.3 is 5.97 Å². The van der Waals surface area contributed by atoms with E-state index in [4.69, 9.17) is 9.47 Å². The van der Waals surface area contributed by atoms with Crippen molar-refractivity contribution in [2.75, 3.05) is 7.11 Å². The summed E-state index contributed by atoms with van der Waals surface area (Å²) < 4.78 is 30.1. The highest BCUT2D eigenvalue weighted by Crippen LogP contribution is 2.42. The SMILES string of the molecule is COC(=O)/C=C1\OC(c2ccccn2)OC1c1ccccc1F. The van der Waals surface area contributed by atoms with Gasteiger partial charge in [-0.05, 0) is 18.2 Å². The van der Waals surface area contributed by atoms with Crippen LogP contribution in [0, 0.1) is 5.82 Å². The fourth-order valence-corrected chi connectivity index (χ4v) is 2.25. The molecule has 0 bridgehead atoms. The van der Waals surface area contributed by atoms with Gasteiger partial charge in [-0.15, -0.1) is 0 Å². The number of hydrogen-bond acceptors (Lipinski definition) is 5. The van der Waals surface area contributed by atoms with Crippen LogP contribution >= 0.6 is 0 Å². The molecule has 1 aliphatic heterocycles. The summed E-state index contributed by atoms with van der Waals surface area (Å²) in [5.74, 6) is -0.872. The molecule has 0 saturated carbocycles. The molecule has 3 rings (SSSR count). The van der Waals surface area contributed by atoms with Crippen molar-refractivity contribution >= 4 is 5.97 Å². The molecule has 0 aliphatic carbocycles. The topological polar surface area (TPSA) is 57.7 Å². The maximum atomic E-state index is 14.1. The van der Waals surface area contributed by atoms with Gasteiger partial charge in [-0.1, -0.05) is 24.3 Å². The predicted molar refractivity (Wildman–Crippen MR) is 78.4 cm³/mol. The highest BCUT2D eigenvalue weighted by Gasteiger charge is 2.36. The van der Waals surface area contributed by atoms with Crippen molar-refractivity contribution in [2.45, 2.75) is 12.4 Å². The third-order valence-electron chi connectivity index (χ3n) is 3.34. The van der Waals surface area contributed by atoms with Crippen molar-refractivity contribution in [3.05, 3.63) is 77.6 Å². The van der Waals surface area contributed by atoms with Gasteiger partial charge in [-0.25, -0.2) is 9.18 Å². The summed E-state index contributed by atoms with van der Waals surface area (Å²) in [5, 5.41) is 0. The smallest absolute Gasteiger partial charge is 0.333 e. The number of ether oxygens (including phenoxy) is 3. The summed E-state index contributed by atoms with van der Waals surface area (Å²) in [5.41, 5.74) is 0.809. The van der Waals surface area contributed by atoms with E-state index in [2.05, 4.69) is 9.72 Å². The Balaban J connectivity index is 1.96. The van der Waals surface area contributed by atoms with Crippen LogP contribution < -0.4 is 0 Å². The lowest BCUT2D eigenvalue weighted by Gasteiger charge is -2.10. The van der Waals surface area contributed by atoms with E-state index in [0.717, 1.165) is 6.08 Å². The molecule has 118 valence electrons. The van der Waals surface area contributed by atoms with E-state index in [1.807, 2.05) is 0 Å². The molecule has 6 heteroatoms. The van der Waals surface area contributed by atoms with Crippen LogP contribution in [0.4, 0.5) is 4.39 Å². The van der Waals surface area contributed by atoms with Crippen molar-refractivity contribution in [3.63, 3.8) is 0 Å². The van der Waals surface area contributed by atoms with Gasteiger partial charge in [0.2, 0.25) is 6.29 Å². The maximum absolute atomic E-state index is 14.1. The zero-order valence-electron chi connectivity index (χ0n) is 12.3. The second-order valence-electron chi connectivity index (χ2n) is 4.81. The first-order chi connectivity index (χ1) is 11.2. The first-order valence-electron chi connectivity index (χ1n) is 6.96. The van der Waals surface area contributed by atoms with E-state index < -0.39 is 24.2 Å². The Kier molecular flexibility index (Phi) is 4.34. The molecular weight excluding hydrogens is 301 g/mol. The molecule has 1 aromatic heterocycles. The number of aromatic nitrogens is 1. The zero-order chi connectivity index (χ0) is 16.2. The van der Waals surface area contributed by atoms with Crippen LogP contribution in [0.2, 0.25) is 0 Å². The minimum atomic E-state index is -0.845. The van der Waals surface area contributed by atoms with Crippen LogP contribution in [0.3, 0.4) is 0 Å². The van der Waals surface area contributed by atoms with E-state index in [9.17, 15) is 9.18 Å².